The normalized spacial score (nSPS) is 16.8. The molecule has 0 aliphatic heterocycles. The van der Waals surface area contributed by atoms with E-state index in [1.807, 2.05) is 6.07 Å². The smallest absolute Gasteiger partial charge is 0.451 e. The molecule has 0 bridgehead atoms. The SMILES string of the molecule is COc1ccc(Cn2cnc3c(NC4CC4)nc(C(F)(F)F)nc32)cc1OC.FC(F)(F)c1nc(NC2CC2)c2ncn(C3CCCC3)c2n1. The van der Waals surface area contributed by atoms with Crippen molar-refractivity contribution in [3.05, 3.63) is 48.1 Å². The van der Waals surface area contributed by atoms with E-state index in [0.29, 0.717) is 22.5 Å². The molecule has 4 aromatic heterocycles. The standard InChI is InChI=1S/C18H18F3N5O2.C14H16F3N5/c1-27-12-6-3-10(7-13(12)28-2)8-26-9-22-14-15(23-11-4-5-11)24-17(18(19,20)21)25-16(14)26;15-14(16,17)13-20-11(19-8-5-6-8)10-12(21-13)22(7-18-10)9-3-1-2-4-9/h3,6-7,9,11H,4-5,8H2,1-2H3,(H,23,24,25);7-9H,1-6H2,(H,19,20,21). The summed E-state index contributed by atoms with van der Waals surface area (Å²) in [6.07, 6.45) is 1.69. The maximum atomic E-state index is 13.3. The lowest BCUT2D eigenvalue weighted by atomic mass is 10.2. The zero-order valence-corrected chi connectivity index (χ0v) is 27.1. The molecule has 0 unspecified atom stereocenters. The summed E-state index contributed by atoms with van der Waals surface area (Å²) in [7, 11) is 3.05. The largest absolute Gasteiger partial charge is 0.493 e. The van der Waals surface area contributed by atoms with Gasteiger partial charge >= 0.3 is 12.4 Å². The van der Waals surface area contributed by atoms with E-state index in [0.717, 1.165) is 56.9 Å². The third-order valence-corrected chi connectivity index (χ3v) is 8.75. The molecule has 18 heteroatoms. The molecule has 0 saturated heterocycles. The van der Waals surface area contributed by atoms with E-state index in [9.17, 15) is 26.3 Å². The fraction of sp³-hybridized carbons (Fsp3) is 0.500. The van der Waals surface area contributed by atoms with Crippen molar-refractivity contribution in [2.24, 2.45) is 0 Å². The highest BCUT2D eigenvalue weighted by molar-refractivity contribution is 5.84. The Balaban J connectivity index is 0.000000161. The Bertz CT molecular complexity index is 2000. The van der Waals surface area contributed by atoms with Crippen molar-refractivity contribution in [2.45, 2.75) is 88.4 Å². The van der Waals surface area contributed by atoms with Gasteiger partial charge in [-0.15, -0.1) is 0 Å². The van der Waals surface area contributed by atoms with Crippen molar-refractivity contribution in [3.8, 4) is 11.5 Å². The Morgan fingerprint density at radius 1 is 0.700 bits per heavy atom. The number of methoxy groups -OCH3 is 2. The average Bonchev–Trinajstić information content (AvgIpc) is 3.91. The van der Waals surface area contributed by atoms with Crippen molar-refractivity contribution in [3.63, 3.8) is 0 Å². The summed E-state index contributed by atoms with van der Waals surface area (Å²) >= 11 is 0. The molecule has 50 heavy (non-hydrogen) atoms. The van der Waals surface area contributed by atoms with Crippen LogP contribution in [-0.2, 0) is 18.9 Å². The molecular weight excluding hydrogens is 670 g/mol. The van der Waals surface area contributed by atoms with E-state index < -0.39 is 24.0 Å². The zero-order chi connectivity index (χ0) is 35.2. The molecule has 3 aliphatic rings. The first-order chi connectivity index (χ1) is 23.9. The minimum atomic E-state index is -4.65. The van der Waals surface area contributed by atoms with Crippen LogP contribution in [-0.4, -0.2) is 65.3 Å². The molecule has 8 rings (SSSR count). The number of anilines is 2. The van der Waals surface area contributed by atoms with E-state index in [2.05, 4.69) is 40.5 Å². The summed E-state index contributed by atoms with van der Waals surface area (Å²) in [4.78, 5) is 23.4. The van der Waals surface area contributed by atoms with Crippen LogP contribution in [0.25, 0.3) is 22.3 Å². The molecule has 0 spiro atoms. The highest BCUT2D eigenvalue weighted by Crippen LogP contribution is 2.37. The predicted octanol–water partition coefficient (Wildman–Crippen LogP) is 7.02. The van der Waals surface area contributed by atoms with Crippen LogP contribution in [0.3, 0.4) is 0 Å². The molecule has 5 aromatic rings. The summed E-state index contributed by atoms with van der Waals surface area (Å²) < 4.78 is 92.9. The van der Waals surface area contributed by atoms with Crippen molar-refractivity contribution in [1.29, 1.82) is 0 Å². The van der Waals surface area contributed by atoms with Crippen molar-refractivity contribution >= 4 is 34.0 Å². The summed E-state index contributed by atoms with van der Waals surface area (Å²) in [6, 6.07) is 5.84. The number of hydrogen-bond donors (Lipinski definition) is 2. The quantitative estimate of drug-likeness (QED) is 0.155. The molecule has 0 radical (unpaired) electrons. The van der Waals surface area contributed by atoms with Crippen LogP contribution in [0.15, 0.2) is 30.9 Å². The second-order valence-corrected chi connectivity index (χ2v) is 12.6. The number of nitrogens with one attached hydrogen (secondary N) is 2. The first-order valence-corrected chi connectivity index (χ1v) is 16.3. The van der Waals surface area contributed by atoms with Crippen LogP contribution < -0.4 is 20.1 Å². The van der Waals surface area contributed by atoms with Gasteiger partial charge in [-0.1, -0.05) is 18.9 Å². The number of benzene rings is 1. The molecule has 3 fully saturated rings. The highest BCUT2D eigenvalue weighted by Gasteiger charge is 2.38. The topological polar surface area (TPSA) is 130 Å². The van der Waals surface area contributed by atoms with Gasteiger partial charge in [0.2, 0.25) is 11.6 Å². The second kappa shape index (κ2) is 13.1. The molecule has 3 aliphatic carbocycles. The molecule has 0 amide bonds. The van der Waals surface area contributed by atoms with Gasteiger partial charge in [-0.2, -0.15) is 26.3 Å². The summed E-state index contributed by atoms with van der Waals surface area (Å²) in [5.74, 6) is -0.854. The maximum absolute atomic E-state index is 13.3. The number of nitrogens with zero attached hydrogens (tertiary/aromatic N) is 8. The Morgan fingerprint density at radius 3 is 1.78 bits per heavy atom. The molecule has 0 atom stereocenters. The van der Waals surface area contributed by atoms with E-state index in [1.165, 1.54) is 20.5 Å². The fourth-order valence-electron chi connectivity index (χ4n) is 5.90. The van der Waals surface area contributed by atoms with E-state index in [-0.39, 0.29) is 47.6 Å². The van der Waals surface area contributed by atoms with Gasteiger partial charge in [-0.25, -0.2) is 29.9 Å². The first kappa shape index (κ1) is 33.6. The third-order valence-electron chi connectivity index (χ3n) is 8.75. The number of hydrogen-bond acceptors (Lipinski definition) is 10. The number of aromatic nitrogens is 8. The monoisotopic (exact) mass is 704 g/mol. The van der Waals surface area contributed by atoms with E-state index >= 15 is 0 Å². The van der Waals surface area contributed by atoms with Crippen LogP contribution in [0.5, 0.6) is 11.5 Å². The van der Waals surface area contributed by atoms with Crippen molar-refractivity contribution in [2.75, 3.05) is 24.9 Å². The summed E-state index contributed by atoms with van der Waals surface area (Å²) in [5, 5.41) is 6.07. The Kier molecular flexibility index (Phi) is 8.80. The maximum Gasteiger partial charge on any atom is 0.451 e. The molecule has 3 saturated carbocycles. The van der Waals surface area contributed by atoms with Gasteiger partial charge < -0.3 is 29.2 Å². The minimum absolute atomic E-state index is 0.117. The molecule has 1 aromatic carbocycles. The molecule has 2 N–H and O–H groups in total. The summed E-state index contributed by atoms with van der Waals surface area (Å²) in [5.41, 5.74) is 1.98. The molecule has 266 valence electrons. The second-order valence-electron chi connectivity index (χ2n) is 12.6. The number of alkyl halides is 6. The van der Waals surface area contributed by atoms with E-state index in [4.69, 9.17) is 9.47 Å². The van der Waals surface area contributed by atoms with Gasteiger partial charge in [-0.05, 0) is 56.2 Å². The number of ether oxygens (including phenoxy) is 2. The lowest BCUT2D eigenvalue weighted by molar-refractivity contribution is -0.145. The van der Waals surface area contributed by atoms with Gasteiger partial charge in [0.25, 0.3) is 0 Å². The van der Waals surface area contributed by atoms with Gasteiger partial charge in [0, 0.05) is 18.1 Å². The number of halogens is 6. The van der Waals surface area contributed by atoms with Crippen molar-refractivity contribution in [1.82, 2.24) is 39.0 Å². The molecular formula is C32H34F6N10O2. The molecule has 4 heterocycles. The van der Waals surface area contributed by atoms with Gasteiger partial charge in [0.1, 0.15) is 11.0 Å². The van der Waals surface area contributed by atoms with Gasteiger partial charge in [-0.3, -0.25) is 0 Å². The van der Waals surface area contributed by atoms with Crippen LogP contribution >= 0.6 is 0 Å². The van der Waals surface area contributed by atoms with Crippen LogP contribution in [0, 0.1) is 0 Å². The van der Waals surface area contributed by atoms with E-state index in [1.54, 1.807) is 27.6 Å². The van der Waals surface area contributed by atoms with Gasteiger partial charge in [0.15, 0.2) is 34.4 Å². The first-order valence-electron chi connectivity index (χ1n) is 16.3. The lowest BCUT2D eigenvalue weighted by Gasteiger charge is -2.14. The van der Waals surface area contributed by atoms with Crippen LogP contribution in [0.2, 0.25) is 0 Å². The number of imidazole rings is 2. The Hall–Kier alpha value is -4.90. The molecule has 12 nitrogen and oxygen atoms in total. The minimum Gasteiger partial charge on any atom is -0.493 e. The average molecular weight is 705 g/mol. The van der Waals surface area contributed by atoms with Crippen molar-refractivity contribution < 1.29 is 35.8 Å². The fourth-order valence-corrected chi connectivity index (χ4v) is 5.90. The number of fused-ring (bicyclic) bond motifs is 2. The number of rotatable bonds is 9. The zero-order valence-electron chi connectivity index (χ0n) is 27.1. The van der Waals surface area contributed by atoms with Gasteiger partial charge in [0.05, 0.1) is 33.4 Å². The Morgan fingerprint density at radius 2 is 1.24 bits per heavy atom. The summed E-state index contributed by atoms with van der Waals surface area (Å²) in [6.45, 7) is 0.272. The predicted molar refractivity (Wildman–Crippen MR) is 170 cm³/mol. The van der Waals surface area contributed by atoms with Crippen LogP contribution in [0.1, 0.15) is 74.6 Å². The highest BCUT2D eigenvalue weighted by atomic mass is 19.4. The van der Waals surface area contributed by atoms with Crippen LogP contribution in [0.4, 0.5) is 38.0 Å². The Labute approximate surface area is 281 Å². The lowest BCUT2D eigenvalue weighted by Crippen LogP contribution is -2.15. The third kappa shape index (κ3) is 7.19.